The molecule has 1 N–H and O–H groups in total. The smallest absolute Gasteiger partial charge is 0.271 e. The molecular weight excluding hydrogens is 465 g/mol. The summed E-state index contributed by atoms with van der Waals surface area (Å²) in [5.74, 6) is 0.347. The third-order valence-corrected chi connectivity index (χ3v) is 4.80. The summed E-state index contributed by atoms with van der Waals surface area (Å²) in [5.41, 5.74) is 4.79. The lowest BCUT2D eigenvalue weighted by Gasteiger charge is -2.07. The van der Waals surface area contributed by atoms with E-state index in [0.29, 0.717) is 16.3 Å². The molecular formula is C19H15ClIN3O2. The van der Waals surface area contributed by atoms with Crippen LogP contribution in [0.5, 0.6) is 5.75 Å². The lowest BCUT2D eigenvalue weighted by atomic mass is 10.2. The van der Waals surface area contributed by atoms with Gasteiger partial charge < -0.3 is 9.30 Å². The van der Waals surface area contributed by atoms with Gasteiger partial charge in [-0.2, -0.15) is 5.10 Å². The van der Waals surface area contributed by atoms with Gasteiger partial charge in [0.25, 0.3) is 5.91 Å². The van der Waals surface area contributed by atoms with Crippen molar-refractivity contribution in [2.75, 3.05) is 7.11 Å². The fourth-order valence-corrected chi connectivity index (χ4v) is 3.04. The molecule has 3 rings (SSSR count). The molecule has 0 unspecified atom stereocenters. The Hall–Kier alpha value is -2.32. The average Bonchev–Trinajstić information content (AvgIpc) is 3.11. The molecule has 7 heteroatoms. The largest absolute Gasteiger partial charge is 0.496 e. The second-order valence-corrected chi connectivity index (χ2v) is 6.93. The molecule has 0 aliphatic heterocycles. The summed E-state index contributed by atoms with van der Waals surface area (Å²) >= 11 is 8.08. The van der Waals surface area contributed by atoms with Gasteiger partial charge in [-0.25, -0.2) is 5.43 Å². The highest BCUT2D eigenvalue weighted by Gasteiger charge is 2.08. The number of carbonyl (C=O) groups excluding carboxylic acids is 1. The second kappa shape index (κ2) is 8.37. The van der Waals surface area contributed by atoms with Gasteiger partial charge in [-0.1, -0.05) is 11.6 Å². The SMILES string of the molecule is COc1cc(C(=O)N/N=C/c2cccn2-c2ccc(Cl)cc2)ccc1I. The van der Waals surface area contributed by atoms with E-state index in [-0.39, 0.29) is 5.91 Å². The summed E-state index contributed by atoms with van der Waals surface area (Å²) in [6.45, 7) is 0. The van der Waals surface area contributed by atoms with Crippen LogP contribution in [0.3, 0.4) is 0 Å². The van der Waals surface area contributed by atoms with Crippen LogP contribution >= 0.6 is 34.2 Å². The highest BCUT2D eigenvalue weighted by atomic mass is 127. The van der Waals surface area contributed by atoms with Crippen molar-refractivity contribution in [3.63, 3.8) is 0 Å². The Morgan fingerprint density at radius 1 is 1.23 bits per heavy atom. The van der Waals surface area contributed by atoms with Crippen LogP contribution in [0.15, 0.2) is 65.9 Å². The number of hydrogen-bond acceptors (Lipinski definition) is 3. The van der Waals surface area contributed by atoms with Crippen LogP contribution in [-0.4, -0.2) is 23.8 Å². The maximum Gasteiger partial charge on any atom is 0.271 e. The minimum absolute atomic E-state index is 0.305. The van der Waals surface area contributed by atoms with Crippen molar-refractivity contribution < 1.29 is 9.53 Å². The predicted octanol–water partition coefficient (Wildman–Crippen LogP) is 4.51. The third kappa shape index (κ3) is 4.25. The first-order chi connectivity index (χ1) is 12.6. The zero-order valence-corrected chi connectivity index (χ0v) is 16.7. The van der Waals surface area contributed by atoms with Crippen LogP contribution in [-0.2, 0) is 0 Å². The van der Waals surface area contributed by atoms with Crippen LogP contribution in [0, 0.1) is 3.57 Å². The molecule has 0 spiro atoms. The summed E-state index contributed by atoms with van der Waals surface area (Å²) in [5, 5.41) is 4.73. The van der Waals surface area contributed by atoms with Gasteiger partial charge in [0, 0.05) is 22.5 Å². The Morgan fingerprint density at radius 2 is 2.00 bits per heavy atom. The Bertz CT molecular complexity index is 952. The van der Waals surface area contributed by atoms with Crippen molar-refractivity contribution in [1.82, 2.24) is 9.99 Å². The molecule has 2 aromatic carbocycles. The maximum atomic E-state index is 12.2. The number of amides is 1. The van der Waals surface area contributed by atoms with Gasteiger partial charge >= 0.3 is 0 Å². The van der Waals surface area contributed by atoms with Gasteiger partial charge in [-0.3, -0.25) is 4.79 Å². The van der Waals surface area contributed by atoms with Crippen LogP contribution < -0.4 is 10.2 Å². The standard InChI is InChI=1S/C19H15ClIN3O2/c1-26-18-11-13(4-9-17(18)21)19(25)23-22-12-16-3-2-10-24(16)15-7-5-14(20)6-8-15/h2-12H,1H3,(H,23,25)/b22-12+. The Morgan fingerprint density at radius 3 is 2.73 bits per heavy atom. The summed E-state index contributed by atoms with van der Waals surface area (Å²) in [7, 11) is 1.57. The van der Waals surface area contributed by atoms with E-state index in [1.807, 2.05) is 53.2 Å². The third-order valence-electron chi connectivity index (χ3n) is 3.66. The maximum absolute atomic E-state index is 12.2. The van der Waals surface area contributed by atoms with E-state index in [9.17, 15) is 4.79 Å². The molecule has 1 heterocycles. The number of benzene rings is 2. The molecule has 0 atom stereocenters. The Balaban J connectivity index is 1.72. The minimum atomic E-state index is -0.305. The molecule has 26 heavy (non-hydrogen) atoms. The van der Waals surface area contributed by atoms with E-state index in [2.05, 4.69) is 33.1 Å². The Labute approximate surface area is 169 Å². The number of nitrogens with one attached hydrogen (secondary N) is 1. The van der Waals surface area contributed by atoms with Crippen LogP contribution in [0.1, 0.15) is 16.1 Å². The zero-order chi connectivity index (χ0) is 18.5. The normalized spacial score (nSPS) is 10.9. The molecule has 1 amide bonds. The molecule has 3 aromatic rings. The van der Waals surface area contributed by atoms with Crippen molar-refractivity contribution in [3.05, 3.63) is 80.6 Å². The van der Waals surface area contributed by atoms with Gasteiger partial charge in [-0.05, 0) is 77.2 Å². The number of rotatable bonds is 5. The first kappa shape index (κ1) is 18.5. The lowest BCUT2D eigenvalue weighted by Crippen LogP contribution is -2.18. The van der Waals surface area contributed by atoms with Gasteiger partial charge in [0.05, 0.1) is 22.6 Å². The molecule has 5 nitrogen and oxygen atoms in total. The number of carbonyl (C=O) groups is 1. The van der Waals surface area contributed by atoms with Crippen molar-refractivity contribution in [1.29, 1.82) is 0 Å². The van der Waals surface area contributed by atoms with E-state index in [1.54, 1.807) is 25.5 Å². The van der Waals surface area contributed by atoms with E-state index in [0.717, 1.165) is 15.0 Å². The first-order valence-corrected chi connectivity index (χ1v) is 9.14. The molecule has 0 saturated heterocycles. The van der Waals surface area contributed by atoms with Crippen LogP contribution in [0.2, 0.25) is 5.02 Å². The topological polar surface area (TPSA) is 55.6 Å². The van der Waals surface area contributed by atoms with E-state index < -0.39 is 0 Å². The first-order valence-electron chi connectivity index (χ1n) is 7.69. The molecule has 0 aliphatic rings. The number of nitrogens with zero attached hydrogens (tertiary/aromatic N) is 2. The summed E-state index contributed by atoms with van der Waals surface area (Å²) in [4.78, 5) is 12.2. The minimum Gasteiger partial charge on any atom is -0.496 e. The van der Waals surface area contributed by atoms with Crippen LogP contribution in [0.25, 0.3) is 5.69 Å². The monoisotopic (exact) mass is 479 g/mol. The number of methoxy groups -OCH3 is 1. The number of halogens is 2. The van der Waals surface area contributed by atoms with E-state index in [1.165, 1.54) is 0 Å². The van der Waals surface area contributed by atoms with Crippen molar-refractivity contribution in [2.24, 2.45) is 5.10 Å². The summed E-state index contributed by atoms with van der Waals surface area (Å²) in [6.07, 6.45) is 3.51. The summed E-state index contributed by atoms with van der Waals surface area (Å²) in [6, 6.07) is 16.5. The number of ether oxygens (including phenoxy) is 1. The molecule has 0 bridgehead atoms. The molecule has 0 aliphatic carbocycles. The van der Waals surface area contributed by atoms with Gasteiger partial charge in [0.15, 0.2) is 0 Å². The zero-order valence-electron chi connectivity index (χ0n) is 13.8. The lowest BCUT2D eigenvalue weighted by molar-refractivity contribution is 0.0954. The van der Waals surface area contributed by atoms with E-state index in [4.69, 9.17) is 16.3 Å². The molecule has 0 saturated carbocycles. The van der Waals surface area contributed by atoms with Crippen molar-refractivity contribution in [3.8, 4) is 11.4 Å². The summed E-state index contributed by atoms with van der Waals surface area (Å²) < 4.78 is 8.11. The van der Waals surface area contributed by atoms with Crippen molar-refractivity contribution >= 4 is 46.3 Å². The van der Waals surface area contributed by atoms with E-state index >= 15 is 0 Å². The molecule has 1 aromatic heterocycles. The average molecular weight is 480 g/mol. The number of aromatic nitrogens is 1. The predicted molar refractivity (Wildman–Crippen MR) is 112 cm³/mol. The number of hydrazone groups is 1. The molecule has 0 radical (unpaired) electrons. The highest BCUT2D eigenvalue weighted by Crippen LogP contribution is 2.21. The highest BCUT2D eigenvalue weighted by molar-refractivity contribution is 14.1. The fourth-order valence-electron chi connectivity index (χ4n) is 2.36. The van der Waals surface area contributed by atoms with Crippen LogP contribution in [0.4, 0.5) is 0 Å². The molecule has 0 fully saturated rings. The Kier molecular flexibility index (Phi) is 5.95. The van der Waals surface area contributed by atoms with Gasteiger partial charge in [0.2, 0.25) is 0 Å². The van der Waals surface area contributed by atoms with Gasteiger partial charge in [0.1, 0.15) is 5.75 Å². The molecule has 132 valence electrons. The number of hydrogen-bond donors (Lipinski definition) is 1. The second-order valence-electron chi connectivity index (χ2n) is 5.33. The van der Waals surface area contributed by atoms with Crippen molar-refractivity contribution in [2.45, 2.75) is 0 Å². The van der Waals surface area contributed by atoms with Gasteiger partial charge in [-0.15, -0.1) is 0 Å². The fraction of sp³-hybridized carbons (Fsp3) is 0.0526. The quantitative estimate of drug-likeness (QED) is 0.333.